The van der Waals surface area contributed by atoms with E-state index in [2.05, 4.69) is 25.8 Å². The molecule has 6 heteroatoms. The van der Waals surface area contributed by atoms with Gasteiger partial charge in [0.15, 0.2) is 0 Å². The number of para-hydroxylation sites is 1. The number of nitrogens with zero attached hydrogens (tertiary/aromatic N) is 2. The van der Waals surface area contributed by atoms with Crippen LogP contribution in [-0.2, 0) is 0 Å². The number of amides is 1. The Morgan fingerprint density at radius 1 is 1.03 bits per heavy atom. The maximum atomic E-state index is 12.7. The smallest absolute Gasteiger partial charge is 0.253 e. The third kappa shape index (κ3) is 4.19. The lowest BCUT2D eigenvalue weighted by Gasteiger charge is -2.26. The van der Waals surface area contributed by atoms with E-state index in [0.29, 0.717) is 11.6 Å². The molecule has 2 aromatic carbocycles. The molecule has 2 aromatic heterocycles. The van der Waals surface area contributed by atoms with E-state index < -0.39 is 0 Å². The lowest BCUT2D eigenvalue weighted by atomic mass is 9.93. The lowest BCUT2D eigenvalue weighted by Crippen LogP contribution is -2.39. The van der Waals surface area contributed by atoms with Crippen molar-refractivity contribution >= 4 is 40.3 Å². The van der Waals surface area contributed by atoms with Gasteiger partial charge in [-0.3, -0.25) is 14.9 Å². The highest BCUT2D eigenvalue weighted by molar-refractivity contribution is 6.01. The topological polar surface area (TPSA) is 82.7 Å². The fourth-order valence-electron chi connectivity index (χ4n) is 3.65. The molecule has 1 saturated carbocycles. The van der Waals surface area contributed by atoms with Crippen LogP contribution in [0.15, 0.2) is 66.9 Å². The highest BCUT2D eigenvalue weighted by Crippen LogP contribution is 2.26. The second-order valence-electron chi connectivity index (χ2n) is 7.73. The number of carbonyl (C=O) groups excluding carboxylic acids is 1. The third-order valence-corrected chi connectivity index (χ3v) is 5.58. The van der Waals surface area contributed by atoms with Crippen LogP contribution in [0.4, 0.5) is 11.4 Å². The quantitative estimate of drug-likeness (QED) is 0.411. The molecule has 0 aliphatic heterocycles. The lowest BCUT2D eigenvalue weighted by molar-refractivity contribution is 0.0918. The normalized spacial score (nSPS) is 13.9. The van der Waals surface area contributed by atoms with Gasteiger partial charge in [-0.05, 0) is 73.9 Å². The molecule has 1 aliphatic carbocycles. The van der Waals surface area contributed by atoms with Crippen LogP contribution >= 0.6 is 0 Å². The predicted molar refractivity (Wildman–Crippen MR) is 124 cm³/mol. The Kier molecular flexibility index (Phi) is 5.19. The summed E-state index contributed by atoms with van der Waals surface area (Å²) < 4.78 is 0. The minimum Gasteiger partial charge on any atom is -0.355 e. The van der Waals surface area contributed by atoms with Crippen LogP contribution in [0.2, 0.25) is 0 Å². The van der Waals surface area contributed by atoms with Gasteiger partial charge in [0.2, 0.25) is 0 Å². The molecule has 0 saturated heterocycles. The minimum absolute atomic E-state index is 0.0302. The first-order valence-corrected chi connectivity index (χ1v) is 10.5. The molecule has 6 nitrogen and oxygen atoms in total. The molecule has 0 bridgehead atoms. The highest BCUT2D eigenvalue weighted by atomic mass is 16.1. The van der Waals surface area contributed by atoms with Gasteiger partial charge in [0.25, 0.3) is 5.91 Å². The van der Waals surface area contributed by atoms with Gasteiger partial charge in [-0.1, -0.05) is 18.2 Å². The number of rotatable bonds is 6. The van der Waals surface area contributed by atoms with Gasteiger partial charge in [-0.25, -0.2) is 0 Å². The molecule has 0 radical (unpaired) electrons. The van der Waals surface area contributed by atoms with Gasteiger partial charge in [-0.15, -0.1) is 0 Å². The van der Waals surface area contributed by atoms with Crippen molar-refractivity contribution in [2.24, 2.45) is 0 Å². The van der Waals surface area contributed by atoms with Crippen molar-refractivity contribution in [1.82, 2.24) is 20.5 Å². The van der Waals surface area contributed by atoms with Crippen LogP contribution in [0.3, 0.4) is 0 Å². The standard InChI is InChI=1S/C25H23N5O/c31-25(28-18-7-5-8-18)21-9-1-2-10-22(21)27-19-11-13-20-23(29-30-24(20)16-19)14-12-17-6-3-4-15-26-17/h1-4,6,9-16,18,27H,5,7-8H2,(H,28,31)(H,29,30). The zero-order valence-corrected chi connectivity index (χ0v) is 17.0. The van der Waals surface area contributed by atoms with Crippen LogP contribution in [0.1, 0.15) is 41.0 Å². The summed E-state index contributed by atoms with van der Waals surface area (Å²) in [6, 6.07) is 19.7. The molecule has 0 unspecified atom stereocenters. The summed E-state index contributed by atoms with van der Waals surface area (Å²) in [5, 5.41) is 15.0. The molecule has 4 aromatic rings. The number of benzene rings is 2. The van der Waals surface area contributed by atoms with Crippen molar-refractivity contribution in [2.75, 3.05) is 5.32 Å². The number of aromatic nitrogens is 3. The summed E-state index contributed by atoms with van der Waals surface area (Å²) in [4.78, 5) is 17.0. The van der Waals surface area contributed by atoms with E-state index in [1.165, 1.54) is 6.42 Å². The number of pyridine rings is 1. The van der Waals surface area contributed by atoms with Gasteiger partial charge in [0.1, 0.15) is 0 Å². The Morgan fingerprint density at radius 2 is 1.90 bits per heavy atom. The molecule has 31 heavy (non-hydrogen) atoms. The van der Waals surface area contributed by atoms with Crippen molar-refractivity contribution < 1.29 is 4.79 Å². The Bertz CT molecular complexity index is 1240. The van der Waals surface area contributed by atoms with E-state index >= 15 is 0 Å². The number of hydrogen-bond donors (Lipinski definition) is 3. The Morgan fingerprint density at radius 3 is 2.71 bits per heavy atom. The molecule has 5 rings (SSSR count). The second kappa shape index (κ2) is 8.44. The number of aromatic amines is 1. The Hall–Kier alpha value is -3.93. The van der Waals surface area contributed by atoms with Gasteiger partial charge in [0, 0.05) is 23.3 Å². The van der Waals surface area contributed by atoms with Gasteiger partial charge < -0.3 is 10.6 Å². The van der Waals surface area contributed by atoms with Crippen LogP contribution in [0.5, 0.6) is 0 Å². The van der Waals surface area contributed by atoms with Gasteiger partial charge in [0.05, 0.1) is 28.2 Å². The third-order valence-electron chi connectivity index (χ3n) is 5.58. The first-order valence-electron chi connectivity index (χ1n) is 10.5. The van der Waals surface area contributed by atoms with Gasteiger partial charge >= 0.3 is 0 Å². The first-order chi connectivity index (χ1) is 15.3. The van der Waals surface area contributed by atoms with Crippen molar-refractivity contribution in [1.29, 1.82) is 0 Å². The number of nitrogens with one attached hydrogen (secondary N) is 3. The van der Waals surface area contributed by atoms with Crippen LogP contribution < -0.4 is 10.6 Å². The summed E-state index contributed by atoms with van der Waals surface area (Å²) in [6.45, 7) is 0. The predicted octanol–water partition coefficient (Wildman–Crippen LogP) is 5.15. The highest BCUT2D eigenvalue weighted by Gasteiger charge is 2.21. The van der Waals surface area contributed by atoms with E-state index in [9.17, 15) is 4.79 Å². The molecule has 154 valence electrons. The molecular weight excluding hydrogens is 386 g/mol. The van der Waals surface area contributed by atoms with Crippen molar-refractivity contribution in [3.63, 3.8) is 0 Å². The molecule has 2 heterocycles. The van der Waals surface area contributed by atoms with E-state index in [1.807, 2.05) is 72.8 Å². The van der Waals surface area contributed by atoms with E-state index in [1.54, 1.807) is 6.20 Å². The van der Waals surface area contributed by atoms with E-state index in [0.717, 1.165) is 46.5 Å². The zero-order valence-electron chi connectivity index (χ0n) is 17.0. The van der Waals surface area contributed by atoms with E-state index in [-0.39, 0.29) is 5.91 Å². The van der Waals surface area contributed by atoms with Crippen LogP contribution in [0, 0.1) is 0 Å². The molecule has 0 atom stereocenters. The maximum Gasteiger partial charge on any atom is 0.253 e. The Labute approximate surface area is 180 Å². The Balaban J connectivity index is 1.36. The molecule has 1 amide bonds. The summed E-state index contributed by atoms with van der Waals surface area (Å²) in [5.41, 5.74) is 4.98. The molecule has 0 spiro atoms. The number of hydrogen-bond acceptors (Lipinski definition) is 4. The first kappa shape index (κ1) is 19.1. The van der Waals surface area contributed by atoms with Crippen molar-refractivity contribution in [3.05, 3.63) is 83.8 Å². The molecular formula is C25H23N5O. The van der Waals surface area contributed by atoms with Crippen molar-refractivity contribution in [3.8, 4) is 0 Å². The SMILES string of the molecule is O=C(NC1CCC1)c1ccccc1Nc1ccc2c(C=Cc3ccccn3)n[nH]c2c1. The monoisotopic (exact) mass is 409 g/mol. The summed E-state index contributed by atoms with van der Waals surface area (Å²) in [7, 11) is 0. The summed E-state index contributed by atoms with van der Waals surface area (Å²) >= 11 is 0. The van der Waals surface area contributed by atoms with Crippen LogP contribution in [-0.4, -0.2) is 27.1 Å². The summed E-state index contributed by atoms with van der Waals surface area (Å²) in [6.07, 6.45) is 8.98. The largest absolute Gasteiger partial charge is 0.355 e. The molecule has 3 N–H and O–H groups in total. The number of anilines is 2. The minimum atomic E-state index is -0.0302. The number of H-pyrrole nitrogens is 1. The van der Waals surface area contributed by atoms with Crippen LogP contribution in [0.25, 0.3) is 23.1 Å². The fourth-order valence-corrected chi connectivity index (χ4v) is 3.65. The second-order valence-corrected chi connectivity index (χ2v) is 7.73. The summed E-state index contributed by atoms with van der Waals surface area (Å²) in [5.74, 6) is -0.0302. The fraction of sp³-hybridized carbons (Fsp3) is 0.160. The molecule has 1 aliphatic rings. The van der Waals surface area contributed by atoms with Crippen molar-refractivity contribution in [2.45, 2.75) is 25.3 Å². The average Bonchev–Trinajstić information content (AvgIpc) is 3.18. The molecule has 1 fully saturated rings. The average molecular weight is 409 g/mol. The van der Waals surface area contributed by atoms with E-state index in [4.69, 9.17) is 0 Å². The number of fused-ring (bicyclic) bond motifs is 1. The van der Waals surface area contributed by atoms with Gasteiger partial charge in [-0.2, -0.15) is 5.10 Å². The maximum absolute atomic E-state index is 12.7. The zero-order chi connectivity index (χ0) is 21.0. The number of carbonyl (C=O) groups is 1.